The Labute approximate surface area is 236 Å². The van der Waals surface area contributed by atoms with Gasteiger partial charge in [-0.15, -0.1) is 0 Å². The molecule has 3 nitrogen and oxygen atoms in total. The smallest absolute Gasteiger partial charge is 0.418 e. The second kappa shape index (κ2) is 11.5. The van der Waals surface area contributed by atoms with Gasteiger partial charge in [0.25, 0.3) is 0 Å². The fourth-order valence-electron chi connectivity index (χ4n) is 4.91. The zero-order chi connectivity index (χ0) is 32.8. The molecule has 0 bridgehead atoms. The second-order valence-electron chi connectivity index (χ2n) is 10.5. The third-order valence-electron chi connectivity index (χ3n) is 6.87. The zero-order valence-electron chi connectivity index (χ0n) is 22.2. The van der Waals surface area contributed by atoms with Gasteiger partial charge in [0.1, 0.15) is 5.41 Å². The average Bonchev–Trinajstić information content (AvgIpc) is 2.84. The molecule has 2 aromatic carbocycles. The molecule has 0 aromatic heterocycles. The van der Waals surface area contributed by atoms with E-state index in [1.54, 1.807) is 0 Å². The van der Waals surface area contributed by atoms with Crippen molar-refractivity contribution in [2.75, 3.05) is 5.32 Å². The molecule has 236 valence electrons. The van der Waals surface area contributed by atoms with Gasteiger partial charge in [-0.05, 0) is 72.4 Å². The van der Waals surface area contributed by atoms with Crippen molar-refractivity contribution in [3.05, 3.63) is 82.6 Å². The molecule has 2 unspecified atom stereocenters. The van der Waals surface area contributed by atoms with E-state index in [0.29, 0.717) is 12.1 Å². The van der Waals surface area contributed by atoms with Crippen molar-refractivity contribution in [2.24, 2.45) is 17.3 Å². The number of carboxylic acids is 1. The van der Waals surface area contributed by atoms with E-state index in [1.807, 2.05) is 5.32 Å². The Kier molecular flexibility index (Phi) is 9.01. The summed E-state index contributed by atoms with van der Waals surface area (Å²) in [5, 5.41) is 11.8. The molecule has 2 N–H and O–H groups in total. The van der Waals surface area contributed by atoms with E-state index < -0.39 is 100.0 Å². The molecule has 3 rings (SSSR count). The van der Waals surface area contributed by atoms with Crippen molar-refractivity contribution in [3.63, 3.8) is 0 Å². The molecule has 2 atom stereocenters. The highest BCUT2D eigenvalue weighted by Gasteiger charge is 2.61. The van der Waals surface area contributed by atoms with Crippen molar-refractivity contribution < 1.29 is 62.6 Å². The van der Waals surface area contributed by atoms with Crippen molar-refractivity contribution in [2.45, 2.75) is 51.4 Å². The summed E-state index contributed by atoms with van der Waals surface area (Å²) in [4.78, 5) is 12.2. The minimum atomic E-state index is -5.43. The number of anilines is 1. The van der Waals surface area contributed by atoms with Gasteiger partial charge < -0.3 is 10.4 Å². The van der Waals surface area contributed by atoms with Crippen molar-refractivity contribution >= 4 is 17.2 Å². The topological polar surface area (TPSA) is 49.3 Å². The fraction of sp³-hybridized carbons (Fsp3) is 0.393. The summed E-state index contributed by atoms with van der Waals surface area (Å²) in [6.07, 6.45) is -21.6. The van der Waals surface area contributed by atoms with Crippen LogP contribution in [-0.4, -0.2) is 17.3 Å². The van der Waals surface area contributed by atoms with Gasteiger partial charge in [0, 0.05) is 5.70 Å². The molecule has 0 aliphatic heterocycles. The molecule has 0 spiro atoms. The predicted octanol–water partition coefficient (Wildman–Crippen LogP) is 9.82. The normalized spacial score (nSPS) is 19.1. The highest BCUT2D eigenvalue weighted by atomic mass is 19.4. The first-order valence-electron chi connectivity index (χ1n) is 12.4. The third kappa shape index (κ3) is 7.47. The maximum atomic E-state index is 14.9. The Balaban J connectivity index is 2.36. The van der Waals surface area contributed by atoms with Crippen LogP contribution in [0.4, 0.5) is 58.4 Å². The first-order chi connectivity index (χ1) is 19.5. The standard InChI is InChI=1S/C28H23F12NO2/c1-14(2)8-21(23(42)43)24(28(38,39)40)12-16(15-4-3-5-17(9-15)25(29,30)31)10-19(13-24)41-22-11-18(26(32,33)34)6-7-20(22)27(35,36)37/h3-7,9-11,13-14,21,41H,8,12H2,1-2H3,(H,42,43). The number of alkyl halides is 12. The molecule has 2 aromatic rings. The lowest BCUT2D eigenvalue weighted by atomic mass is 9.64. The zero-order valence-corrected chi connectivity index (χ0v) is 22.2. The lowest BCUT2D eigenvalue weighted by molar-refractivity contribution is -0.227. The Morgan fingerprint density at radius 3 is 1.93 bits per heavy atom. The largest absolute Gasteiger partial charge is 0.481 e. The summed E-state index contributed by atoms with van der Waals surface area (Å²) in [5.74, 6) is -4.88. The van der Waals surface area contributed by atoms with Crippen molar-refractivity contribution in [3.8, 4) is 0 Å². The van der Waals surface area contributed by atoms with Crippen LogP contribution in [0.25, 0.3) is 5.57 Å². The number of hydrogen-bond acceptors (Lipinski definition) is 2. The maximum absolute atomic E-state index is 14.9. The molecule has 43 heavy (non-hydrogen) atoms. The van der Waals surface area contributed by atoms with Crippen LogP contribution in [0, 0.1) is 17.3 Å². The lowest BCUT2D eigenvalue weighted by Gasteiger charge is -2.42. The van der Waals surface area contributed by atoms with Crippen molar-refractivity contribution in [1.29, 1.82) is 0 Å². The number of allylic oxidation sites excluding steroid dienone is 3. The molecule has 0 saturated heterocycles. The minimum absolute atomic E-state index is 0.0219. The summed E-state index contributed by atoms with van der Waals surface area (Å²) < 4.78 is 166. The van der Waals surface area contributed by atoms with Crippen LogP contribution in [-0.2, 0) is 23.3 Å². The van der Waals surface area contributed by atoms with Gasteiger partial charge >= 0.3 is 30.7 Å². The molecule has 15 heteroatoms. The molecule has 0 fully saturated rings. The number of aliphatic carboxylic acids is 1. The van der Waals surface area contributed by atoms with Gasteiger partial charge in [0.05, 0.1) is 28.3 Å². The number of nitrogens with one attached hydrogen (secondary N) is 1. The summed E-state index contributed by atoms with van der Waals surface area (Å²) in [6.45, 7) is 2.82. The number of benzene rings is 2. The van der Waals surface area contributed by atoms with E-state index in [2.05, 4.69) is 0 Å². The molecular weight excluding hydrogens is 610 g/mol. The Bertz CT molecular complexity index is 1410. The van der Waals surface area contributed by atoms with Crippen LogP contribution < -0.4 is 5.32 Å². The summed E-state index contributed by atoms with van der Waals surface area (Å²) >= 11 is 0. The van der Waals surface area contributed by atoms with Gasteiger partial charge in [-0.1, -0.05) is 26.0 Å². The van der Waals surface area contributed by atoms with Crippen LogP contribution in [0.2, 0.25) is 0 Å². The van der Waals surface area contributed by atoms with E-state index in [4.69, 9.17) is 0 Å². The number of rotatable bonds is 7. The fourth-order valence-corrected chi connectivity index (χ4v) is 4.91. The van der Waals surface area contributed by atoms with E-state index in [1.165, 1.54) is 13.8 Å². The van der Waals surface area contributed by atoms with Gasteiger partial charge in [0.15, 0.2) is 0 Å². The third-order valence-corrected chi connectivity index (χ3v) is 6.87. The van der Waals surface area contributed by atoms with Crippen molar-refractivity contribution in [1.82, 2.24) is 0 Å². The van der Waals surface area contributed by atoms with Gasteiger partial charge in [-0.3, -0.25) is 4.79 Å². The van der Waals surface area contributed by atoms with Gasteiger partial charge in [0.2, 0.25) is 0 Å². The quantitative estimate of drug-likeness (QED) is 0.299. The van der Waals surface area contributed by atoms with Crippen LogP contribution in [0.1, 0.15) is 48.9 Å². The lowest BCUT2D eigenvalue weighted by Crippen LogP contribution is -2.48. The van der Waals surface area contributed by atoms with E-state index in [9.17, 15) is 62.6 Å². The molecule has 0 heterocycles. The monoisotopic (exact) mass is 633 g/mol. The minimum Gasteiger partial charge on any atom is -0.481 e. The predicted molar refractivity (Wildman–Crippen MR) is 131 cm³/mol. The average molecular weight is 633 g/mol. The molecule has 0 saturated carbocycles. The summed E-state index contributed by atoms with van der Waals surface area (Å²) in [5.41, 5.74) is -11.1. The van der Waals surface area contributed by atoms with Crippen LogP contribution in [0.15, 0.2) is 60.3 Å². The SMILES string of the molecule is CC(C)CC(C(=O)O)C1(C(F)(F)F)C=C(Nc2cc(C(F)(F)F)ccc2C(F)(F)F)C=C(c2cccc(C(F)(F)F)c2)C1. The van der Waals surface area contributed by atoms with Crippen LogP contribution >= 0.6 is 0 Å². The first-order valence-corrected chi connectivity index (χ1v) is 12.4. The highest BCUT2D eigenvalue weighted by Crippen LogP contribution is 2.56. The van der Waals surface area contributed by atoms with E-state index >= 15 is 0 Å². The van der Waals surface area contributed by atoms with Gasteiger partial charge in [-0.25, -0.2) is 0 Å². The maximum Gasteiger partial charge on any atom is 0.418 e. The molecule has 0 amide bonds. The Morgan fingerprint density at radius 2 is 1.44 bits per heavy atom. The number of halogens is 12. The molecule has 0 radical (unpaired) electrons. The Hall–Kier alpha value is -3.65. The number of hydrogen-bond donors (Lipinski definition) is 2. The Morgan fingerprint density at radius 1 is 0.860 bits per heavy atom. The number of carboxylic acid groups (broad SMARTS) is 1. The number of carbonyl (C=O) groups is 1. The molecule has 1 aliphatic carbocycles. The summed E-state index contributed by atoms with van der Waals surface area (Å²) in [6, 6.07) is 3.19. The van der Waals surface area contributed by atoms with Gasteiger partial charge in [-0.2, -0.15) is 52.7 Å². The van der Waals surface area contributed by atoms with E-state index in [-0.39, 0.29) is 24.3 Å². The molecule has 1 aliphatic rings. The summed E-state index contributed by atoms with van der Waals surface area (Å²) in [7, 11) is 0. The highest BCUT2D eigenvalue weighted by molar-refractivity contribution is 5.78. The van der Waals surface area contributed by atoms with E-state index in [0.717, 1.165) is 18.2 Å². The van der Waals surface area contributed by atoms with Crippen LogP contribution in [0.3, 0.4) is 0 Å². The van der Waals surface area contributed by atoms with Crippen LogP contribution in [0.5, 0.6) is 0 Å². The molecular formula is C28H23F12NO2. The second-order valence-corrected chi connectivity index (χ2v) is 10.5. The first kappa shape index (κ1) is 33.8.